The monoisotopic (exact) mass is 268 g/mol. The molecular formula is C14H18ClFN2. The van der Waals surface area contributed by atoms with Gasteiger partial charge in [0, 0.05) is 6.04 Å². The summed E-state index contributed by atoms with van der Waals surface area (Å²) in [6.07, 6.45) is 1.07. The van der Waals surface area contributed by atoms with E-state index in [0.29, 0.717) is 17.3 Å². The molecule has 2 atom stereocenters. The van der Waals surface area contributed by atoms with Gasteiger partial charge in [0.05, 0.1) is 11.4 Å². The second-order valence-electron chi connectivity index (χ2n) is 4.77. The maximum Gasteiger partial charge on any atom is 0.151 e. The van der Waals surface area contributed by atoms with Crippen LogP contribution in [0, 0.1) is 11.7 Å². The van der Waals surface area contributed by atoms with Gasteiger partial charge in [0.15, 0.2) is 5.82 Å². The van der Waals surface area contributed by atoms with Crippen molar-refractivity contribution in [1.29, 1.82) is 0 Å². The molecule has 0 fully saturated rings. The first-order valence-electron chi connectivity index (χ1n) is 6.31. The average Bonchev–Trinajstić information content (AvgIpc) is 2.76. The molecule has 0 bridgehead atoms. The summed E-state index contributed by atoms with van der Waals surface area (Å²) in [6.45, 7) is 6.48. The van der Waals surface area contributed by atoms with Crippen LogP contribution in [-0.4, -0.2) is 9.55 Å². The van der Waals surface area contributed by atoms with Crippen molar-refractivity contribution in [2.24, 2.45) is 5.92 Å². The van der Waals surface area contributed by atoms with Gasteiger partial charge in [-0.05, 0) is 25.0 Å². The van der Waals surface area contributed by atoms with E-state index in [9.17, 15) is 4.39 Å². The molecule has 18 heavy (non-hydrogen) atoms. The molecule has 2 rings (SSSR count). The van der Waals surface area contributed by atoms with Gasteiger partial charge in [-0.15, -0.1) is 11.6 Å². The van der Waals surface area contributed by atoms with E-state index in [1.807, 2.05) is 6.07 Å². The van der Waals surface area contributed by atoms with Gasteiger partial charge in [-0.3, -0.25) is 0 Å². The first-order chi connectivity index (χ1) is 8.60. The van der Waals surface area contributed by atoms with Crippen molar-refractivity contribution in [3.05, 3.63) is 29.8 Å². The fourth-order valence-electron chi connectivity index (χ4n) is 2.28. The second kappa shape index (κ2) is 5.27. The SMILES string of the molecule is CCC(C)C(C)n1c(CCl)nc2c(F)cccc21. The number of rotatable bonds is 4. The Bertz CT molecular complexity index is 550. The van der Waals surface area contributed by atoms with Gasteiger partial charge in [-0.2, -0.15) is 0 Å². The molecule has 1 aromatic carbocycles. The van der Waals surface area contributed by atoms with Crippen molar-refractivity contribution in [2.45, 2.75) is 39.1 Å². The van der Waals surface area contributed by atoms with Crippen LogP contribution < -0.4 is 0 Å². The Morgan fingerprint density at radius 2 is 2.11 bits per heavy atom. The molecule has 0 amide bonds. The molecule has 0 aliphatic carbocycles. The largest absolute Gasteiger partial charge is 0.324 e. The van der Waals surface area contributed by atoms with Crippen LogP contribution >= 0.6 is 11.6 Å². The third-order valence-electron chi connectivity index (χ3n) is 3.74. The maximum atomic E-state index is 13.7. The quantitative estimate of drug-likeness (QED) is 0.746. The Balaban J connectivity index is 2.64. The molecule has 0 aliphatic heterocycles. The number of hydrogen-bond donors (Lipinski definition) is 0. The van der Waals surface area contributed by atoms with Crippen LogP contribution in [-0.2, 0) is 5.88 Å². The molecule has 4 heteroatoms. The first kappa shape index (κ1) is 13.3. The highest BCUT2D eigenvalue weighted by Crippen LogP contribution is 2.29. The Kier molecular flexibility index (Phi) is 3.91. The lowest BCUT2D eigenvalue weighted by Gasteiger charge is -2.22. The van der Waals surface area contributed by atoms with E-state index in [1.54, 1.807) is 6.07 Å². The number of fused-ring (bicyclic) bond motifs is 1. The molecule has 1 heterocycles. The van der Waals surface area contributed by atoms with Gasteiger partial charge in [0.2, 0.25) is 0 Å². The molecule has 0 N–H and O–H groups in total. The lowest BCUT2D eigenvalue weighted by Crippen LogP contribution is -2.15. The van der Waals surface area contributed by atoms with E-state index in [1.165, 1.54) is 6.07 Å². The highest BCUT2D eigenvalue weighted by molar-refractivity contribution is 6.16. The number of para-hydroxylation sites is 1. The Hall–Kier alpha value is -1.09. The average molecular weight is 269 g/mol. The minimum absolute atomic E-state index is 0.260. The summed E-state index contributed by atoms with van der Waals surface area (Å²) in [5, 5.41) is 0. The van der Waals surface area contributed by atoms with E-state index in [0.717, 1.165) is 17.8 Å². The van der Waals surface area contributed by atoms with Crippen LogP contribution in [0.4, 0.5) is 4.39 Å². The van der Waals surface area contributed by atoms with Crippen molar-refractivity contribution in [3.63, 3.8) is 0 Å². The molecule has 2 aromatic rings. The number of hydrogen-bond acceptors (Lipinski definition) is 1. The number of aromatic nitrogens is 2. The summed E-state index contributed by atoms with van der Waals surface area (Å²) >= 11 is 5.94. The molecule has 0 saturated carbocycles. The van der Waals surface area contributed by atoms with E-state index in [4.69, 9.17) is 11.6 Å². The lowest BCUT2D eigenvalue weighted by molar-refractivity contribution is 0.371. The molecule has 0 radical (unpaired) electrons. The predicted octanol–water partition coefficient (Wildman–Crippen LogP) is 4.52. The topological polar surface area (TPSA) is 17.8 Å². The molecule has 0 saturated heterocycles. The van der Waals surface area contributed by atoms with Gasteiger partial charge in [-0.1, -0.05) is 26.3 Å². The van der Waals surface area contributed by atoms with Crippen LogP contribution in [0.25, 0.3) is 11.0 Å². The third kappa shape index (κ3) is 2.12. The molecule has 0 spiro atoms. The molecular weight excluding hydrogens is 251 g/mol. The van der Waals surface area contributed by atoms with Crippen molar-refractivity contribution in [2.75, 3.05) is 0 Å². The number of benzene rings is 1. The minimum atomic E-state index is -0.283. The number of halogens is 2. The lowest BCUT2D eigenvalue weighted by atomic mass is 10.0. The molecule has 2 nitrogen and oxygen atoms in total. The minimum Gasteiger partial charge on any atom is -0.324 e. The van der Waals surface area contributed by atoms with E-state index < -0.39 is 0 Å². The van der Waals surface area contributed by atoms with Gasteiger partial charge in [0.25, 0.3) is 0 Å². The Morgan fingerprint density at radius 3 is 2.72 bits per heavy atom. The maximum absolute atomic E-state index is 13.7. The van der Waals surface area contributed by atoms with Crippen LogP contribution in [0.1, 0.15) is 39.1 Å². The summed E-state index contributed by atoms with van der Waals surface area (Å²) in [7, 11) is 0. The van der Waals surface area contributed by atoms with Gasteiger partial charge in [-0.25, -0.2) is 9.37 Å². The van der Waals surface area contributed by atoms with Crippen LogP contribution in [0.15, 0.2) is 18.2 Å². The van der Waals surface area contributed by atoms with Crippen LogP contribution in [0.5, 0.6) is 0 Å². The fraction of sp³-hybridized carbons (Fsp3) is 0.500. The van der Waals surface area contributed by atoms with E-state index >= 15 is 0 Å². The van der Waals surface area contributed by atoms with Crippen molar-refractivity contribution in [3.8, 4) is 0 Å². The third-order valence-corrected chi connectivity index (χ3v) is 3.98. The summed E-state index contributed by atoms with van der Waals surface area (Å²) in [6, 6.07) is 5.32. The van der Waals surface area contributed by atoms with Crippen LogP contribution in [0.3, 0.4) is 0 Å². The molecule has 0 aliphatic rings. The standard InChI is InChI=1S/C14H18ClFN2/c1-4-9(2)10(3)18-12-7-5-6-11(16)14(12)17-13(18)8-15/h5-7,9-10H,4,8H2,1-3H3. The van der Waals surface area contributed by atoms with Gasteiger partial charge < -0.3 is 4.57 Å². The summed E-state index contributed by atoms with van der Waals surface area (Å²) in [5.74, 6) is 1.25. The zero-order valence-electron chi connectivity index (χ0n) is 11.0. The first-order valence-corrected chi connectivity index (χ1v) is 6.84. The van der Waals surface area contributed by atoms with Gasteiger partial charge in [0.1, 0.15) is 11.3 Å². The highest BCUT2D eigenvalue weighted by atomic mass is 35.5. The summed E-state index contributed by atoms with van der Waals surface area (Å²) in [4.78, 5) is 4.32. The number of alkyl halides is 1. The molecule has 1 aromatic heterocycles. The molecule has 98 valence electrons. The number of imidazole rings is 1. The second-order valence-corrected chi connectivity index (χ2v) is 5.03. The summed E-state index contributed by atoms with van der Waals surface area (Å²) in [5.41, 5.74) is 1.25. The zero-order chi connectivity index (χ0) is 13.3. The van der Waals surface area contributed by atoms with E-state index in [-0.39, 0.29) is 11.9 Å². The normalized spacial score (nSPS) is 14.9. The number of nitrogens with zero attached hydrogens (tertiary/aromatic N) is 2. The highest BCUT2D eigenvalue weighted by Gasteiger charge is 2.20. The predicted molar refractivity (Wildman–Crippen MR) is 73.4 cm³/mol. The van der Waals surface area contributed by atoms with Gasteiger partial charge >= 0.3 is 0 Å². The Labute approximate surface area is 112 Å². The van der Waals surface area contributed by atoms with Crippen LogP contribution in [0.2, 0.25) is 0 Å². The molecule has 2 unspecified atom stereocenters. The van der Waals surface area contributed by atoms with E-state index in [2.05, 4.69) is 30.3 Å². The van der Waals surface area contributed by atoms with Crippen molar-refractivity contribution < 1.29 is 4.39 Å². The van der Waals surface area contributed by atoms with Crippen molar-refractivity contribution >= 4 is 22.6 Å². The Morgan fingerprint density at radius 1 is 1.39 bits per heavy atom. The summed E-state index contributed by atoms with van der Waals surface area (Å²) < 4.78 is 15.8. The fourth-order valence-corrected chi connectivity index (χ4v) is 2.46. The van der Waals surface area contributed by atoms with Crippen molar-refractivity contribution in [1.82, 2.24) is 9.55 Å². The smallest absolute Gasteiger partial charge is 0.151 e. The zero-order valence-corrected chi connectivity index (χ0v) is 11.7.